The lowest BCUT2D eigenvalue weighted by Crippen LogP contribution is -2.00. The molecular weight excluding hydrogens is 695 g/mol. The molecule has 0 radical (unpaired) electrons. The second-order valence-corrected chi connectivity index (χ2v) is 14.4. The van der Waals surface area contributed by atoms with Gasteiger partial charge in [-0.1, -0.05) is 176 Å². The predicted octanol–water partition coefficient (Wildman–Crippen LogP) is 14.1. The van der Waals surface area contributed by atoms with Crippen molar-refractivity contribution in [3.05, 3.63) is 200 Å². The number of rotatable bonds is 6. The summed E-state index contributed by atoms with van der Waals surface area (Å²) in [6, 6.07) is 70.0. The van der Waals surface area contributed by atoms with Gasteiger partial charge in [0.05, 0.1) is 0 Å². The molecule has 0 bridgehead atoms. The van der Waals surface area contributed by atoms with Crippen molar-refractivity contribution in [1.82, 2.24) is 15.0 Å². The highest BCUT2D eigenvalue weighted by molar-refractivity contribution is 6.13. The molecule has 0 aliphatic heterocycles. The highest BCUT2D eigenvalue weighted by Gasteiger charge is 2.17. The molecule has 9 aromatic carbocycles. The van der Waals surface area contributed by atoms with Crippen molar-refractivity contribution in [1.29, 1.82) is 0 Å². The molecule has 11 aromatic rings. The van der Waals surface area contributed by atoms with Gasteiger partial charge in [0.2, 0.25) is 0 Å². The van der Waals surface area contributed by atoms with Crippen LogP contribution in [-0.2, 0) is 0 Å². The zero-order valence-electron chi connectivity index (χ0n) is 30.8. The molecule has 0 spiro atoms. The van der Waals surface area contributed by atoms with Gasteiger partial charge in [0.1, 0.15) is 11.2 Å². The van der Waals surface area contributed by atoms with Gasteiger partial charge in [0.15, 0.2) is 17.5 Å². The van der Waals surface area contributed by atoms with Crippen LogP contribution in [0, 0.1) is 0 Å². The van der Waals surface area contributed by atoms with Crippen LogP contribution in [0.25, 0.3) is 111 Å². The molecule has 2 aromatic heterocycles. The Hall–Kier alpha value is -7.69. The Bertz CT molecular complexity index is 3270. The van der Waals surface area contributed by atoms with Crippen LogP contribution in [0.3, 0.4) is 0 Å². The van der Waals surface area contributed by atoms with Gasteiger partial charge in [-0.15, -0.1) is 0 Å². The van der Waals surface area contributed by atoms with Gasteiger partial charge in [-0.05, 0) is 79.2 Å². The molecule has 0 N–H and O–H groups in total. The minimum absolute atomic E-state index is 0.587. The van der Waals surface area contributed by atoms with Crippen LogP contribution in [0.15, 0.2) is 205 Å². The molecular formula is C53H33N3O. The number of aromatic nitrogens is 3. The van der Waals surface area contributed by atoms with Gasteiger partial charge >= 0.3 is 0 Å². The Balaban J connectivity index is 0.969. The topological polar surface area (TPSA) is 51.8 Å². The molecule has 11 rings (SSSR count). The fourth-order valence-electron chi connectivity index (χ4n) is 8.04. The van der Waals surface area contributed by atoms with Crippen molar-refractivity contribution < 1.29 is 4.42 Å². The van der Waals surface area contributed by atoms with Crippen LogP contribution < -0.4 is 0 Å². The zero-order chi connectivity index (χ0) is 37.7. The van der Waals surface area contributed by atoms with E-state index in [1.54, 1.807) is 0 Å². The lowest BCUT2D eigenvalue weighted by Gasteiger charge is -2.10. The molecule has 0 aliphatic rings. The summed E-state index contributed by atoms with van der Waals surface area (Å²) in [6.07, 6.45) is 0. The van der Waals surface area contributed by atoms with Crippen molar-refractivity contribution in [2.24, 2.45) is 0 Å². The number of furan rings is 1. The maximum atomic E-state index is 6.55. The van der Waals surface area contributed by atoms with E-state index in [0.29, 0.717) is 17.5 Å². The predicted molar refractivity (Wildman–Crippen MR) is 235 cm³/mol. The van der Waals surface area contributed by atoms with Crippen molar-refractivity contribution >= 4 is 43.5 Å². The Morgan fingerprint density at radius 2 is 0.825 bits per heavy atom. The number of benzene rings is 9. The van der Waals surface area contributed by atoms with E-state index in [1.165, 1.54) is 38.2 Å². The van der Waals surface area contributed by atoms with Crippen LogP contribution in [0.1, 0.15) is 0 Å². The maximum Gasteiger partial charge on any atom is 0.164 e. The van der Waals surface area contributed by atoms with Crippen molar-refractivity contribution in [2.75, 3.05) is 0 Å². The quantitative estimate of drug-likeness (QED) is 0.171. The first kappa shape index (κ1) is 32.7. The van der Waals surface area contributed by atoms with E-state index in [0.717, 1.165) is 55.3 Å². The van der Waals surface area contributed by atoms with E-state index in [9.17, 15) is 0 Å². The highest BCUT2D eigenvalue weighted by Crippen LogP contribution is 2.39. The van der Waals surface area contributed by atoms with E-state index in [-0.39, 0.29) is 0 Å². The molecule has 266 valence electrons. The normalized spacial score (nSPS) is 11.5. The Morgan fingerprint density at radius 3 is 1.61 bits per heavy atom. The molecule has 0 aliphatic carbocycles. The third-order valence-electron chi connectivity index (χ3n) is 10.9. The largest absolute Gasteiger partial charge is 0.456 e. The highest BCUT2D eigenvalue weighted by atomic mass is 16.3. The van der Waals surface area contributed by atoms with E-state index in [2.05, 4.69) is 164 Å². The standard InChI is InChI=1S/C53H33N3O/c1-2-12-39(13-3-1)51-54-52(40-27-25-37(26-28-40)45-17-8-15-36-11-6-7-16-44(36)45)56-53(55-51)43-30-31-47-49(33-43)57-48-19-9-18-46(50(47)48)38-23-20-35(21-24-38)42-29-22-34-10-4-5-14-41(34)32-42/h1-33H. The zero-order valence-corrected chi connectivity index (χ0v) is 30.8. The summed E-state index contributed by atoms with van der Waals surface area (Å²) < 4.78 is 6.55. The van der Waals surface area contributed by atoms with Gasteiger partial charge in [0, 0.05) is 27.5 Å². The third-order valence-corrected chi connectivity index (χ3v) is 10.9. The van der Waals surface area contributed by atoms with Crippen molar-refractivity contribution in [3.8, 4) is 67.5 Å². The third kappa shape index (κ3) is 5.92. The molecule has 0 fully saturated rings. The molecule has 0 unspecified atom stereocenters. The second kappa shape index (κ2) is 13.6. The summed E-state index contributed by atoms with van der Waals surface area (Å²) >= 11 is 0. The van der Waals surface area contributed by atoms with Gasteiger partial charge < -0.3 is 4.42 Å². The summed E-state index contributed by atoms with van der Waals surface area (Å²) in [5, 5.41) is 7.07. The van der Waals surface area contributed by atoms with Crippen LogP contribution >= 0.6 is 0 Å². The summed E-state index contributed by atoms with van der Waals surface area (Å²) in [7, 11) is 0. The number of nitrogens with zero attached hydrogens (tertiary/aromatic N) is 3. The average Bonchev–Trinajstić information content (AvgIpc) is 3.67. The van der Waals surface area contributed by atoms with E-state index in [4.69, 9.17) is 19.4 Å². The molecule has 2 heterocycles. The van der Waals surface area contributed by atoms with Gasteiger partial charge in [-0.25, -0.2) is 15.0 Å². The minimum Gasteiger partial charge on any atom is -0.456 e. The van der Waals surface area contributed by atoms with Crippen molar-refractivity contribution in [2.45, 2.75) is 0 Å². The SMILES string of the molecule is c1ccc(-c2nc(-c3ccc(-c4cccc5ccccc45)cc3)nc(-c3ccc4c(c3)oc3cccc(-c5ccc(-c6ccc7ccccc7c6)cc5)c34)n2)cc1. The first-order valence-electron chi connectivity index (χ1n) is 19.2. The lowest BCUT2D eigenvalue weighted by molar-refractivity contribution is 0.669. The number of hydrogen-bond donors (Lipinski definition) is 0. The Morgan fingerprint density at radius 1 is 0.281 bits per heavy atom. The van der Waals surface area contributed by atoms with Gasteiger partial charge in [-0.2, -0.15) is 0 Å². The fraction of sp³-hybridized carbons (Fsp3) is 0. The monoisotopic (exact) mass is 727 g/mol. The second-order valence-electron chi connectivity index (χ2n) is 14.4. The molecule has 0 atom stereocenters. The minimum atomic E-state index is 0.587. The van der Waals surface area contributed by atoms with E-state index < -0.39 is 0 Å². The van der Waals surface area contributed by atoms with Gasteiger partial charge in [-0.3, -0.25) is 0 Å². The smallest absolute Gasteiger partial charge is 0.164 e. The summed E-state index contributed by atoms with van der Waals surface area (Å²) in [6.45, 7) is 0. The Kier molecular flexibility index (Phi) is 7.78. The van der Waals surface area contributed by atoms with Crippen LogP contribution in [-0.4, -0.2) is 15.0 Å². The average molecular weight is 728 g/mol. The van der Waals surface area contributed by atoms with Crippen molar-refractivity contribution in [3.63, 3.8) is 0 Å². The van der Waals surface area contributed by atoms with Crippen LogP contribution in [0.5, 0.6) is 0 Å². The number of hydrogen-bond acceptors (Lipinski definition) is 4. The Labute approximate surface area is 329 Å². The van der Waals surface area contributed by atoms with Crippen LogP contribution in [0.4, 0.5) is 0 Å². The summed E-state index contributed by atoms with van der Waals surface area (Å²) in [5.41, 5.74) is 11.3. The summed E-state index contributed by atoms with van der Waals surface area (Å²) in [4.78, 5) is 15.1. The first-order chi connectivity index (χ1) is 28.2. The van der Waals surface area contributed by atoms with Gasteiger partial charge in [0.25, 0.3) is 0 Å². The molecule has 0 saturated heterocycles. The molecule has 4 nitrogen and oxygen atoms in total. The molecule has 57 heavy (non-hydrogen) atoms. The van der Waals surface area contributed by atoms with Crippen LogP contribution in [0.2, 0.25) is 0 Å². The molecule has 0 saturated carbocycles. The van der Waals surface area contributed by atoms with E-state index >= 15 is 0 Å². The number of fused-ring (bicyclic) bond motifs is 5. The molecule has 4 heteroatoms. The maximum absolute atomic E-state index is 6.55. The fourth-order valence-corrected chi connectivity index (χ4v) is 8.04. The molecule has 0 amide bonds. The first-order valence-corrected chi connectivity index (χ1v) is 19.2. The lowest BCUT2D eigenvalue weighted by atomic mass is 9.96. The van der Waals surface area contributed by atoms with E-state index in [1.807, 2.05) is 36.4 Å². The summed E-state index contributed by atoms with van der Waals surface area (Å²) in [5.74, 6) is 1.82.